The van der Waals surface area contributed by atoms with Gasteiger partial charge in [0.2, 0.25) is 0 Å². The van der Waals surface area contributed by atoms with Crippen molar-refractivity contribution in [2.24, 2.45) is 5.92 Å². The van der Waals surface area contributed by atoms with Crippen LogP contribution in [0.3, 0.4) is 0 Å². The Labute approximate surface area is 98.1 Å². The summed E-state index contributed by atoms with van der Waals surface area (Å²) in [6.07, 6.45) is 1.20. The van der Waals surface area contributed by atoms with Crippen molar-refractivity contribution in [1.29, 1.82) is 0 Å². The van der Waals surface area contributed by atoms with Gasteiger partial charge in [0.05, 0.1) is 11.4 Å². The van der Waals surface area contributed by atoms with E-state index in [0.717, 1.165) is 16.6 Å². The molecule has 0 radical (unpaired) electrons. The van der Waals surface area contributed by atoms with Crippen molar-refractivity contribution < 1.29 is 15.0 Å². The number of aliphatic carboxylic acids is 1. The van der Waals surface area contributed by atoms with Gasteiger partial charge in [-0.05, 0) is 24.6 Å². The number of carbonyl (C=O) groups is 1. The number of aromatic nitrogens is 1. The molecule has 4 heteroatoms. The summed E-state index contributed by atoms with van der Waals surface area (Å²) in [4.78, 5) is 11.0. The van der Waals surface area contributed by atoms with Crippen LogP contribution in [-0.4, -0.2) is 20.7 Å². The molecule has 0 fully saturated rings. The molecule has 2 heterocycles. The van der Waals surface area contributed by atoms with Crippen molar-refractivity contribution in [3.05, 3.63) is 30.0 Å². The van der Waals surface area contributed by atoms with E-state index in [0.29, 0.717) is 19.4 Å². The van der Waals surface area contributed by atoms with Crippen LogP contribution in [0.15, 0.2) is 24.3 Å². The van der Waals surface area contributed by atoms with E-state index < -0.39 is 5.97 Å². The Morgan fingerprint density at radius 3 is 3.00 bits per heavy atom. The van der Waals surface area contributed by atoms with Crippen LogP contribution in [0, 0.1) is 5.92 Å². The second kappa shape index (κ2) is 3.52. The van der Waals surface area contributed by atoms with Gasteiger partial charge in [-0.25, -0.2) is 0 Å². The lowest BCUT2D eigenvalue weighted by Gasteiger charge is -2.21. The summed E-state index contributed by atoms with van der Waals surface area (Å²) in [6, 6.07) is 7.33. The highest BCUT2D eigenvalue weighted by molar-refractivity contribution is 5.87. The van der Waals surface area contributed by atoms with E-state index >= 15 is 0 Å². The SMILES string of the molecule is O=C(O)C1CCn2c(cc3c(O)cccc32)C1. The van der Waals surface area contributed by atoms with Crippen molar-refractivity contribution in [2.75, 3.05) is 0 Å². The minimum Gasteiger partial charge on any atom is -0.507 e. The van der Waals surface area contributed by atoms with Crippen LogP contribution < -0.4 is 0 Å². The number of benzene rings is 1. The molecule has 2 N–H and O–H groups in total. The van der Waals surface area contributed by atoms with Gasteiger partial charge >= 0.3 is 5.97 Å². The number of fused-ring (bicyclic) bond motifs is 3. The summed E-state index contributed by atoms with van der Waals surface area (Å²) in [5, 5.41) is 19.6. The third kappa shape index (κ3) is 1.48. The van der Waals surface area contributed by atoms with E-state index in [1.807, 2.05) is 18.2 Å². The molecule has 0 aliphatic carbocycles. The lowest BCUT2D eigenvalue weighted by atomic mass is 9.96. The number of phenols is 1. The van der Waals surface area contributed by atoms with Crippen LogP contribution in [0.25, 0.3) is 10.9 Å². The molecule has 0 saturated carbocycles. The maximum Gasteiger partial charge on any atom is 0.306 e. The summed E-state index contributed by atoms with van der Waals surface area (Å²) >= 11 is 0. The zero-order valence-electron chi connectivity index (χ0n) is 9.26. The van der Waals surface area contributed by atoms with Gasteiger partial charge < -0.3 is 14.8 Å². The largest absolute Gasteiger partial charge is 0.507 e. The number of carboxylic acid groups (broad SMARTS) is 1. The third-order valence-electron chi connectivity index (χ3n) is 3.51. The van der Waals surface area contributed by atoms with Crippen molar-refractivity contribution in [2.45, 2.75) is 19.4 Å². The Balaban J connectivity index is 2.13. The van der Waals surface area contributed by atoms with Gasteiger partial charge in [-0.2, -0.15) is 0 Å². The second-order valence-electron chi connectivity index (χ2n) is 4.53. The Morgan fingerprint density at radius 1 is 1.41 bits per heavy atom. The average molecular weight is 231 g/mol. The van der Waals surface area contributed by atoms with Gasteiger partial charge in [0.1, 0.15) is 5.75 Å². The summed E-state index contributed by atoms with van der Waals surface area (Å²) in [5.41, 5.74) is 1.99. The average Bonchev–Trinajstić information content (AvgIpc) is 2.68. The van der Waals surface area contributed by atoms with E-state index in [9.17, 15) is 9.90 Å². The Bertz CT molecular complexity index is 600. The molecule has 2 aromatic rings. The predicted octanol–water partition coefficient (Wildman–Crippen LogP) is 1.99. The van der Waals surface area contributed by atoms with E-state index in [1.165, 1.54) is 0 Å². The monoisotopic (exact) mass is 231 g/mol. The first-order valence-corrected chi connectivity index (χ1v) is 5.69. The minimum atomic E-state index is -0.731. The molecule has 0 bridgehead atoms. The number of phenolic OH excluding ortho intramolecular Hbond substituents is 1. The number of aryl methyl sites for hydroxylation is 1. The standard InChI is InChI=1S/C13H13NO3/c15-12-3-1-2-11-10(12)7-9-6-8(13(16)17)4-5-14(9)11/h1-3,7-8,15H,4-6H2,(H,16,17). The van der Waals surface area contributed by atoms with Gasteiger partial charge in [0, 0.05) is 24.0 Å². The van der Waals surface area contributed by atoms with Crippen LogP contribution in [0.5, 0.6) is 5.75 Å². The molecular formula is C13H13NO3. The number of carboxylic acids is 1. The highest BCUT2D eigenvalue weighted by Gasteiger charge is 2.25. The molecule has 17 heavy (non-hydrogen) atoms. The van der Waals surface area contributed by atoms with Crippen LogP contribution >= 0.6 is 0 Å². The summed E-state index contributed by atoms with van der Waals surface area (Å²) in [5.74, 6) is -0.768. The number of rotatable bonds is 1. The first-order valence-electron chi connectivity index (χ1n) is 5.69. The van der Waals surface area contributed by atoms with Gasteiger partial charge in [0.15, 0.2) is 0 Å². The first-order chi connectivity index (χ1) is 8.16. The summed E-state index contributed by atoms with van der Waals surface area (Å²) < 4.78 is 2.11. The zero-order chi connectivity index (χ0) is 12.0. The third-order valence-corrected chi connectivity index (χ3v) is 3.51. The van der Waals surface area contributed by atoms with E-state index in [1.54, 1.807) is 6.07 Å². The molecule has 1 aromatic heterocycles. The molecule has 1 aliphatic rings. The number of nitrogens with zero attached hydrogens (tertiary/aromatic N) is 1. The molecule has 1 aliphatic heterocycles. The summed E-state index contributed by atoms with van der Waals surface area (Å²) in [7, 11) is 0. The maximum atomic E-state index is 11.0. The summed E-state index contributed by atoms with van der Waals surface area (Å²) in [6.45, 7) is 0.708. The molecule has 0 spiro atoms. The van der Waals surface area contributed by atoms with Gasteiger partial charge in [-0.1, -0.05) is 6.07 Å². The Kier molecular flexibility index (Phi) is 2.11. The van der Waals surface area contributed by atoms with E-state index in [2.05, 4.69) is 4.57 Å². The Morgan fingerprint density at radius 2 is 2.24 bits per heavy atom. The molecule has 4 nitrogen and oxygen atoms in total. The predicted molar refractivity (Wildman–Crippen MR) is 63.0 cm³/mol. The normalized spacial score (nSPS) is 19.2. The van der Waals surface area contributed by atoms with Crippen molar-refractivity contribution in [3.8, 4) is 5.75 Å². The fourth-order valence-corrected chi connectivity index (χ4v) is 2.61. The Hall–Kier alpha value is -1.97. The van der Waals surface area contributed by atoms with Gasteiger partial charge in [0.25, 0.3) is 0 Å². The number of aromatic hydroxyl groups is 1. The molecule has 1 atom stereocenters. The number of hydrogen-bond acceptors (Lipinski definition) is 2. The quantitative estimate of drug-likeness (QED) is 0.789. The smallest absolute Gasteiger partial charge is 0.306 e. The fourth-order valence-electron chi connectivity index (χ4n) is 2.61. The van der Waals surface area contributed by atoms with E-state index in [-0.39, 0.29) is 11.7 Å². The maximum absolute atomic E-state index is 11.0. The van der Waals surface area contributed by atoms with Crippen LogP contribution in [0.1, 0.15) is 12.1 Å². The fraction of sp³-hybridized carbons (Fsp3) is 0.308. The number of hydrogen-bond donors (Lipinski definition) is 2. The zero-order valence-corrected chi connectivity index (χ0v) is 9.26. The van der Waals surface area contributed by atoms with Crippen molar-refractivity contribution >= 4 is 16.9 Å². The molecule has 88 valence electrons. The molecule has 0 saturated heterocycles. The van der Waals surface area contributed by atoms with Crippen LogP contribution in [0.2, 0.25) is 0 Å². The lowest BCUT2D eigenvalue weighted by Crippen LogP contribution is -2.24. The molecule has 1 unspecified atom stereocenters. The molecule has 3 rings (SSSR count). The van der Waals surface area contributed by atoms with Crippen LogP contribution in [-0.2, 0) is 17.8 Å². The highest BCUT2D eigenvalue weighted by atomic mass is 16.4. The topological polar surface area (TPSA) is 62.5 Å². The van der Waals surface area contributed by atoms with Crippen molar-refractivity contribution in [1.82, 2.24) is 4.57 Å². The van der Waals surface area contributed by atoms with E-state index in [4.69, 9.17) is 5.11 Å². The molecular weight excluding hydrogens is 218 g/mol. The molecule has 1 aromatic carbocycles. The lowest BCUT2D eigenvalue weighted by molar-refractivity contribution is -0.142. The minimum absolute atomic E-state index is 0.260. The first kappa shape index (κ1) is 10.2. The molecule has 0 amide bonds. The van der Waals surface area contributed by atoms with Crippen LogP contribution in [0.4, 0.5) is 0 Å². The van der Waals surface area contributed by atoms with Crippen molar-refractivity contribution in [3.63, 3.8) is 0 Å². The second-order valence-corrected chi connectivity index (χ2v) is 4.53. The van der Waals surface area contributed by atoms with Gasteiger partial charge in [-0.15, -0.1) is 0 Å². The van der Waals surface area contributed by atoms with Gasteiger partial charge in [-0.3, -0.25) is 4.79 Å². The highest BCUT2D eigenvalue weighted by Crippen LogP contribution is 2.32.